The van der Waals surface area contributed by atoms with E-state index in [1.54, 1.807) is 25.1 Å². The molecule has 1 aliphatic heterocycles. The van der Waals surface area contributed by atoms with Crippen molar-refractivity contribution >= 4 is 27.0 Å². The number of hydrogen-bond acceptors (Lipinski definition) is 4. The summed E-state index contributed by atoms with van der Waals surface area (Å²) in [4.78, 5) is 17.2. The Morgan fingerprint density at radius 3 is 2.56 bits per heavy atom. The molecule has 1 unspecified atom stereocenters. The second-order valence-electron chi connectivity index (χ2n) is 8.66. The number of halogens is 2. The highest BCUT2D eigenvalue weighted by atomic mass is 32.2. The molecule has 1 amide bonds. The topological polar surface area (TPSA) is 84.3 Å². The van der Waals surface area contributed by atoms with Crippen LogP contribution in [0.2, 0.25) is 0 Å². The van der Waals surface area contributed by atoms with Crippen LogP contribution < -0.4 is 5.32 Å². The Morgan fingerprint density at radius 1 is 1.12 bits per heavy atom. The van der Waals surface area contributed by atoms with Gasteiger partial charge in [-0.15, -0.1) is 0 Å². The van der Waals surface area contributed by atoms with Crippen LogP contribution >= 0.6 is 0 Å². The molecule has 1 N–H and O–H groups in total. The summed E-state index contributed by atoms with van der Waals surface area (Å²) in [5.74, 6) is -1.04. The van der Waals surface area contributed by atoms with Crippen molar-refractivity contribution in [3.63, 3.8) is 0 Å². The maximum Gasteiger partial charge on any atom is 0.243 e. The zero-order chi connectivity index (χ0) is 24.5. The Bertz CT molecular complexity index is 1320. The Kier molecular flexibility index (Phi) is 6.99. The number of piperidine rings is 1. The van der Waals surface area contributed by atoms with Crippen LogP contribution in [0.25, 0.3) is 11.0 Å². The number of hydrogen-bond donors (Lipinski definition) is 1. The van der Waals surface area contributed by atoms with E-state index >= 15 is 0 Å². The summed E-state index contributed by atoms with van der Waals surface area (Å²) in [6, 6.07) is 7.57. The molecule has 2 heterocycles. The van der Waals surface area contributed by atoms with Gasteiger partial charge in [0.05, 0.1) is 22.0 Å². The van der Waals surface area contributed by atoms with Crippen molar-refractivity contribution in [3.05, 3.63) is 59.4 Å². The predicted molar refractivity (Wildman–Crippen MR) is 125 cm³/mol. The van der Waals surface area contributed by atoms with Crippen LogP contribution in [0, 0.1) is 11.6 Å². The molecule has 0 radical (unpaired) electrons. The number of amides is 1. The molecule has 1 atom stereocenters. The Balaban J connectivity index is 1.45. The second-order valence-corrected chi connectivity index (χ2v) is 10.6. The van der Waals surface area contributed by atoms with Crippen molar-refractivity contribution in [3.8, 4) is 0 Å². The SMILES string of the molecule is CC(NC(=O)CCc1nc2cc(S(=O)(=O)N3CCCCC3)ccc2n1C)c1ccc(F)cc1F. The van der Waals surface area contributed by atoms with Crippen molar-refractivity contribution < 1.29 is 22.0 Å². The monoisotopic (exact) mass is 490 g/mol. The maximum atomic E-state index is 14.0. The van der Waals surface area contributed by atoms with Crippen molar-refractivity contribution in [1.82, 2.24) is 19.2 Å². The van der Waals surface area contributed by atoms with Gasteiger partial charge in [-0.1, -0.05) is 12.5 Å². The summed E-state index contributed by atoms with van der Waals surface area (Å²) < 4.78 is 56.4. The van der Waals surface area contributed by atoms with Crippen LogP contribution in [0.4, 0.5) is 8.78 Å². The fourth-order valence-corrected chi connectivity index (χ4v) is 5.87. The molecule has 7 nitrogen and oxygen atoms in total. The maximum absolute atomic E-state index is 14.0. The summed E-state index contributed by atoms with van der Waals surface area (Å²) in [6.07, 6.45) is 3.21. The molecule has 10 heteroatoms. The fourth-order valence-electron chi connectivity index (χ4n) is 4.34. The minimum atomic E-state index is -3.56. The molecule has 1 aliphatic rings. The van der Waals surface area contributed by atoms with Gasteiger partial charge in [-0.25, -0.2) is 22.2 Å². The first-order valence-electron chi connectivity index (χ1n) is 11.4. The van der Waals surface area contributed by atoms with E-state index in [0.717, 1.165) is 36.9 Å². The van der Waals surface area contributed by atoms with Crippen LogP contribution in [0.5, 0.6) is 0 Å². The number of benzene rings is 2. The average molecular weight is 491 g/mol. The second kappa shape index (κ2) is 9.79. The van der Waals surface area contributed by atoms with Crippen molar-refractivity contribution in [2.24, 2.45) is 7.05 Å². The van der Waals surface area contributed by atoms with E-state index in [-0.39, 0.29) is 22.8 Å². The van der Waals surface area contributed by atoms with Gasteiger partial charge in [0.25, 0.3) is 0 Å². The molecule has 0 spiro atoms. The lowest BCUT2D eigenvalue weighted by Gasteiger charge is -2.25. The first-order chi connectivity index (χ1) is 16.2. The molecule has 4 rings (SSSR count). The van der Waals surface area contributed by atoms with Gasteiger partial charge in [0.1, 0.15) is 17.5 Å². The van der Waals surface area contributed by atoms with Crippen LogP contribution in [0.15, 0.2) is 41.3 Å². The molecule has 0 aliphatic carbocycles. The van der Waals surface area contributed by atoms with Crippen LogP contribution in [-0.2, 0) is 28.3 Å². The zero-order valence-corrected chi connectivity index (χ0v) is 20.0. The third-order valence-corrected chi connectivity index (χ3v) is 8.17. The average Bonchev–Trinajstić information content (AvgIpc) is 3.13. The Hall–Kier alpha value is -2.85. The molecule has 1 fully saturated rings. The van der Waals surface area contributed by atoms with Crippen LogP contribution in [-0.4, -0.2) is 41.3 Å². The lowest BCUT2D eigenvalue weighted by Crippen LogP contribution is -2.35. The van der Waals surface area contributed by atoms with Crippen molar-refractivity contribution in [2.45, 2.75) is 50.0 Å². The van der Waals surface area contributed by atoms with Gasteiger partial charge < -0.3 is 9.88 Å². The van der Waals surface area contributed by atoms with Gasteiger partial charge in [0.2, 0.25) is 15.9 Å². The number of imidazole rings is 1. The third-order valence-electron chi connectivity index (χ3n) is 6.28. The quantitative estimate of drug-likeness (QED) is 0.546. The number of rotatable bonds is 7. The first-order valence-corrected chi connectivity index (χ1v) is 12.8. The van der Waals surface area contributed by atoms with Crippen LogP contribution in [0.1, 0.15) is 50.0 Å². The van der Waals surface area contributed by atoms with Crippen LogP contribution in [0.3, 0.4) is 0 Å². The number of nitrogens with zero attached hydrogens (tertiary/aromatic N) is 3. The smallest absolute Gasteiger partial charge is 0.243 e. The first kappa shape index (κ1) is 24.3. The third kappa shape index (κ3) is 4.97. The van der Waals surface area contributed by atoms with Gasteiger partial charge in [-0.3, -0.25) is 4.79 Å². The Labute approximate surface area is 197 Å². The highest BCUT2D eigenvalue weighted by Crippen LogP contribution is 2.25. The largest absolute Gasteiger partial charge is 0.349 e. The minimum absolute atomic E-state index is 0.114. The van der Waals surface area contributed by atoms with Gasteiger partial charge >= 0.3 is 0 Å². The molecule has 2 aromatic carbocycles. The highest BCUT2D eigenvalue weighted by Gasteiger charge is 2.26. The summed E-state index contributed by atoms with van der Waals surface area (Å²) >= 11 is 0. The number of carbonyl (C=O) groups is 1. The predicted octanol–water partition coefficient (Wildman–Crippen LogP) is 3.84. The van der Waals surface area contributed by atoms with Gasteiger partial charge in [-0.05, 0) is 44.0 Å². The van der Waals surface area contributed by atoms with E-state index in [4.69, 9.17) is 0 Å². The lowest BCUT2D eigenvalue weighted by atomic mass is 10.1. The van der Waals surface area contributed by atoms with E-state index in [0.29, 0.717) is 30.9 Å². The number of nitrogens with one attached hydrogen (secondary N) is 1. The summed E-state index contributed by atoms with van der Waals surface area (Å²) in [6.45, 7) is 2.69. The molecule has 3 aromatic rings. The fraction of sp³-hybridized carbons (Fsp3) is 0.417. The molecule has 1 aromatic heterocycles. The molecule has 34 heavy (non-hydrogen) atoms. The van der Waals surface area contributed by atoms with E-state index in [1.165, 1.54) is 10.4 Å². The summed E-state index contributed by atoms with van der Waals surface area (Å²) in [5, 5.41) is 2.72. The number of aromatic nitrogens is 2. The standard InChI is InChI=1S/C24H28F2N4O3S/c1-16(19-8-6-17(25)14-20(19)26)27-24(31)11-10-23-28-21-15-18(7-9-22(21)29(23)2)34(32,33)30-12-4-3-5-13-30/h6-9,14-16H,3-5,10-13H2,1-2H3,(H,27,31). The normalized spacial score (nSPS) is 16.0. The Morgan fingerprint density at radius 2 is 1.85 bits per heavy atom. The number of sulfonamides is 1. The van der Waals surface area contributed by atoms with Gasteiger partial charge in [-0.2, -0.15) is 4.31 Å². The number of aryl methyl sites for hydroxylation is 2. The number of fused-ring (bicyclic) bond motifs is 1. The van der Waals surface area contributed by atoms with E-state index in [1.807, 2.05) is 11.6 Å². The lowest BCUT2D eigenvalue weighted by molar-refractivity contribution is -0.121. The van der Waals surface area contributed by atoms with Crippen molar-refractivity contribution in [2.75, 3.05) is 13.1 Å². The van der Waals surface area contributed by atoms with Gasteiger partial charge in [0.15, 0.2) is 0 Å². The molecule has 0 saturated carbocycles. The minimum Gasteiger partial charge on any atom is -0.349 e. The van der Waals surface area contributed by atoms with Gasteiger partial charge in [0, 0.05) is 44.6 Å². The zero-order valence-electron chi connectivity index (χ0n) is 19.2. The van der Waals surface area contributed by atoms with E-state index in [2.05, 4.69) is 10.3 Å². The molecular weight excluding hydrogens is 462 g/mol. The van der Waals surface area contributed by atoms with E-state index < -0.39 is 27.7 Å². The molecular formula is C24H28F2N4O3S. The van der Waals surface area contributed by atoms with Crippen molar-refractivity contribution in [1.29, 1.82) is 0 Å². The summed E-state index contributed by atoms with van der Waals surface area (Å²) in [7, 11) is -1.75. The highest BCUT2D eigenvalue weighted by molar-refractivity contribution is 7.89. The molecule has 1 saturated heterocycles. The number of carbonyl (C=O) groups excluding carboxylic acids is 1. The molecule has 0 bridgehead atoms. The molecule has 182 valence electrons. The summed E-state index contributed by atoms with van der Waals surface area (Å²) in [5.41, 5.74) is 1.53. The van der Waals surface area contributed by atoms with E-state index in [9.17, 15) is 22.0 Å².